The van der Waals surface area contributed by atoms with Crippen molar-refractivity contribution in [2.24, 2.45) is 0 Å². The van der Waals surface area contributed by atoms with Crippen molar-refractivity contribution in [2.75, 3.05) is 0 Å². The Morgan fingerprint density at radius 2 is 2.50 bits per heavy atom. The number of nitrogens with one attached hydrogen (secondary N) is 1. The van der Waals surface area contributed by atoms with E-state index in [1.165, 1.54) is 6.33 Å². The van der Waals surface area contributed by atoms with Crippen LogP contribution >= 0.6 is 22.6 Å². The molecule has 0 saturated carbocycles. The average molecular weight is 360 g/mol. The molecule has 3 atom stereocenters. The third kappa shape index (κ3) is 1.85. The summed E-state index contributed by atoms with van der Waals surface area (Å²) in [5, 5.41) is 0. The number of nitrogens with zero attached hydrogens (tertiary/aromatic N) is 3. The molecule has 2 aromatic rings. The Hall–Kier alpha value is -0.960. The Labute approximate surface area is 117 Å². The summed E-state index contributed by atoms with van der Waals surface area (Å²) in [7, 11) is 0. The Balaban J connectivity index is 2.05. The first-order valence-electron chi connectivity index (χ1n) is 5.90. The molecule has 6 nitrogen and oxygen atoms in total. The summed E-state index contributed by atoms with van der Waals surface area (Å²) in [6.07, 6.45) is 4.81. The van der Waals surface area contributed by atoms with Crippen LogP contribution in [0.3, 0.4) is 0 Å². The molecule has 2 aromatic heterocycles. The van der Waals surface area contributed by atoms with Gasteiger partial charge in [-0.1, -0.05) is 29.5 Å². The molecule has 0 aromatic carbocycles. The summed E-state index contributed by atoms with van der Waals surface area (Å²) < 4.78 is 7.95. The smallest absolute Gasteiger partial charge is 0.329 e. The van der Waals surface area contributed by atoms with Gasteiger partial charge in [-0.2, -0.15) is 0 Å². The van der Waals surface area contributed by atoms with Gasteiger partial charge in [0.05, 0.1) is 12.3 Å². The molecule has 0 aliphatic carbocycles. The molecule has 3 rings (SSSR count). The number of alkyl halides is 1. The SMILES string of the molecule is CC[C@H]1O[C@@H](n2c(=O)[nH]c3cncnc32)CC1I. The van der Waals surface area contributed by atoms with Gasteiger partial charge in [0.15, 0.2) is 5.65 Å². The largest absolute Gasteiger partial charge is 0.353 e. The van der Waals surface area contributed by atoms with Crippen molar-refractivity contribution in [2.45, 2.75) is 36.0 Å². The molecule has 1 aliphatic heterocycles. The van der Waals surface area contributed by atoms with Crippen LogP contribution in [0.4, 0.5) is 0 Å². The fraction of sp³-hybridized carbons (Fsp3) is 0.545. The van der Waals surface area contributed by atoms with E-state index in [0.29, 0.717) is 15.1 Å². The first kappa shape index (κ1) is 12.1. The summed E-state index contributed by atoms with van der Waals surface area (Å²) in [5.41, 5.74) is 1.08. The second-order valence-electron chi connectivity index (χ2n) is 4.35. The van der Waals surface area contributed by atoms with Crippen molar-refractivity contribution in [1.82, 2.24) is 19.5 Å². The molecule has 1 saturated heterocycles. The molecule has 0 bridgehead atoms. The summed E-state index contributed by atoms with van der Waals surface area (Å²) in [4.78, 5) is 22.8. The summed E-state index contributed by atoms with van der Waals surface area (Å²) in [6.45, 7) is 2.10. The zero-order chi connectivity index (χ0) is 12.7. The highest BCUT2D eigenvalue weighted by atomic mass is 127. The lowest BCUT2D eigenvalue weighted by Gasteiger charge is -2.13. The maximum Gasteiger partial charge on any atom is 0.329 e. The number of rotatable bonds is 2. The first-order valence-corrected chi connectivity index (χ1v) is 7.15. The zero-order valence-corrected chi connectivity index (χ0v) is 12.0. The van der Waals surface area contributed by atoms with E-state index in [-0.39, 0.29) is 18.0 Å². The number of imidazole rings is 1. The van der Waals surface area contributed by atoms with Crippen LogP contribution < -0.4 is 5.69 Å². The minimum Gasteiger partial charge on any atom is -0.353 e. The lowest BCUT2D eigenvalue weighted by atomic mass is 10.2. The third-order valence-corrected chi connectivity index (χ3v) is 4.54. The van der Waals surface area contributed by atoms with Crippen molar-refractivity contribution in [1.29, 1.82) is 0 Å². The molecule has 1 aliphatic rings. The maximum absolute atomic E-state index is 12.0. The van der Waals surface area contributed by atoms with Crippen molar-refractivity contribution in [3.8, 4) is 0 Å². The lowest BCUT2D eigenvalue weighted by Crippen LogP contribution is -2.22. The molecule has 1 fully saturated rings. The van der Waals surface area contributed by atoms with E-state index in [1.807, 2.05) is 0 Å². The van der Waals surface area contributed by atoms with Crippen LogP contribution in [0.25, 0.3) is 11.2 Å². The number of H-pyrrole nitrogens is 1. The van der Waals surface area contributed by atoms with Gasteiger partial charge in [-0.15, -0.1) is 0 Å². The van der Waals surface area contributed by atoms with Gasteiger partial charge >= 0.3 is 5.69 Å². The molecular formula is C11H13IN4O2. The minimum absolute atomic E-state index is 0.184. The van der Waals surface area contributed by atoms with Gasteiger partial charge in [-0.05, 0) is 6.42 Å². The fourth-order valence-electron chi connectivity index (χ4n) is 2.35. The molecule has 0 amide bonds. The monoisotopic (exact) mass is 360 g/mol. The summed E-state index contributed by atoms with van der Waals surface area (Å²) in [6, 6.07) is 0. The van der Waals surface area contributed by atoms with E-state index in [4.69, 9.17) is 4.74 Å². The van der Waals surface area contributed by atoms with Crippen LogP contribution in [0.1, 0.15) is 26.0 Å². The molecule has 7 heteroatoms. The molecule has 1 unspecified atom stereocenters. The number of hydrogen-bond donors (Lipinski definition) is 1. The van der Waals surface area contributed by atoms with Gasteiger partial charge in [0, 0.05) is 10.3 Å². The minimum atomic E-state index is -0.229. The third-order valence-electron chi connectivity index (χ3n) is 3.23. The molecular weight excluding hydrogens is 347 g/mol. The van der Waals surface area contributed by atoms with Gasteiger partial charge < -0.3 is 9.72 Å². The highest BCUT2D eigenvalue weighted by molar-refractivity contribution is 14.1. The topological polar surface area (TPSA) is 72.8 Å². The molecule has 0 spiro atoms. The van der Waals surface area contributed by atoms with Crippen molar-refractivity contribution >= 4 is 33.8 Å². The average Bonchev–Trinajstić information content (AvgIpc) is 2.88. The molecule has 18 heavy (non-hydrogen) atoms. The van der Waals surface area contributed by atoms with Crippen LogP contribution in [0, 0.1) is 0 Å². The molecule has 1 N–H and O–H groups in total. The number of fused-ring (bicyclic) bond motifs is 1. The number of hydrogen-bond acceptors (Lipinski definition) is 4. The summed E-state index contributed by atoms with van der Waals surface area (Å²) in [5.74, 6) is 0. The second kappa shape index (κ2) is 4.61. The quantitative estimate of drug-likeness (QED) is 0.653. The second-order valence-corrected chi connectivity index (χ2v) is 5.95. The van der Waals surface area contributed by atoms with E-state index < -0.39 is 0 Å². The first-order chi connectivity index (χ1) is 8.70. The van der Waals surface area contributed by atoms with E-state index in [0.717, 1.165) is 12.8 Å². The van der Waals surface area contributed by atoms with Crippen LogP contribution in [0.15, 0.2) is 17.3 Å². The molecule has 3 heterocycles. The normalized spacial score (nSPS) is 28.0. The van der Waals surface area contributed by atoms with Crippen LogP contribution in [-0.4, -0.2) is 29.5 Å². The lowest BCUT2D eigenvalue weighted by molar-refractivity contribution is 0.00240. The van der Waals surface area contributed by atoms with E-state index in [9.17, 15) is 4.79 Å². The number of ether oxygens (including phenoxy) is 1. The Kier molecular flexibility index (Phi) is 3.10. The fourth-order valence-corrected chi connectivity index (χ4v) is 3.46. The zero-order valence-electron chi connectivity index (χ0n) is 9.84. The predicted octanol–water partition coefficient (Wildman–Crippen LogP) is 1.62. The van der Waals surface area contributed by atoms with Gasteiger partial charge in [0.2, 0.25) is 0 Å². The Bertz CT molecular complexity index is 623. The van der Waals surface area contributed by atoms with Crippen LogP contribution in [-0.2, 0) is 4.74 Å². The number of aromatic amines is 1. The highest BCUT2D eigenvalue weighted by Gasteiger charge is 2.35. The van der Waals surface area contributed by atoms with Crippen LogP contribution in [0.5, 0.6) is 0 Å². The Morgan fingerprint density at radius 1 is 1.67 bits per heavy atom. The standard InChI is InChI=1S/C11H13IN4O2/c1-2-8-6(12)3-9(18-8)16-10-7(15-11(16)17)4-13-5-14-10/h4-6,8-9H,2-3H2,1H3,(H,15,17)/t6?,8-,9-/m1/s1. The van der Waals surface area contributed by atoms with Crippen molar-refractivity contribution in [3.63, 3.8) is 0 Å². The van der Waals surface area contributed by atoms with Crippen LogP contribution in [0.2, 0.25) is 0 Å². The van der Waals surface area contributed by atoms with Gasteiger partial charge in [-0.25, -0.2) is 19.3 Å². The number of aromatic nitrogens is 4. The predicted molar refractivity (Wildman–Crippen MR) is 74.8 cm³/mol. The maximum atomic E-state index is 12.0. The van der Waals surface area contributed by atoms with E-state index in [1.54, 1.807) is 10.8 Å². The summed E-state index contributed by atoms with van der Waals surface area (Å²) >= 11 is 2.39. The Morgan fingerprint density at radius 3 is 3.22 bits per heavy atom. The van der Waals surface area contributed by atoms with Crippen molar-refractivity contribution in [3.05, 3.63) is 23.0 Å². The van der Waals surface area contributed by atoms with E-state index >= 15 is 0 Å². The van der Waals surface area contributed by atoms with Gasteiger partial charge in [-0.3, -0.25) is 0 Å². The number of halogens is 1. The van der Waals surface area contributed by atoms with Crippen molar-refractivity contribution < 1.29 is 4.74 Å². The molecule has 0 radical (unpaired) electrons. The molecule has 96 valence electrons. The van der Waals surface area contributed by atoms with Gasteiger partial charge in [0.1, 0.15) is 18.1 Å². The van der Waals surface area contributed by atoms with E-state index in [2.05, 4.69) is 44.5 Å². The highest BCUT2D eigenvalue weighted by Crippen LogP contribution is 2.35. The van der Waals surface area contributed by atoms with Gasteiger partial charge in [0.25, 0.3) is 0 Å².